The molecule has 22 heavy (non-hydrogen) atoms. The van der Waals surface area contributed by atoms with E-state index in [1.54, 1.807) is 0 Å². The Balaban J connectivity index is 1.78. The molecule has 0 spiro atoms. The molecule has 1 N–H and O–H groups in total. The molecule has 1 fully saturated rings. The number of pyridine rings is 1. The summed E-state index contributed by atoms with van der Waals surface area (Å²) in [5.74, 6) is 0. The Morgan fingerprint density at radius 3 is 2.91 bits per heavy atom. The Kier molecular flexibility index (Phi) is 4.86. The molecule has 0 saturated carbocycles. The zero-order valence-corrected chi connectivity index (χ0v) is 13.2. The second kappa shape index (κ2) is 7.03. The molecule has 0 amide bonds. The van der Waals surface area contributed by atoms with Crippen molar-refractivity contribution in [3.63, 3.8) is 0 Å². The summed E-state index contributed by atoms with van der Waals surface area (Å²) in [5, 5.41) is 10.0. The van der Waals surface area contributed by atoms with E-state index in [4.69, 9.17) is 0 Å². The lowest BCUT2D eigenvalue weighted by Crippen LogP contribution is -2.45. The molecular weight excluding hydrogens is 272 g/mol. The molecule has 116 valence electrons. The molecule has 3 nitrogen and oxygen atoms in total. The summed E-state index contributed by atoms with van der Waals surface area (Å²) < 4.78 is 0. The molecule has 3 rings (SSSR count). The van der Waals surface area contributed by atoms with Crippen molar-refractivity contribution in [1.29, 1.82) is 0 Å². The predicted molar refractivity (Wildman–Crippen MR) is 89.4 cm³/mol. The van der Waals surface area contributed by atoms with E-state index in [0.717, 1.165) is 30.8 Å². The van der Waals surface area contributed by atoms with Crippen molar-refractivity contribution >= 4 is 0 Å². The van der Waals surface area contributed by atoms with Crippen LogP contribution in [0.25, 0.3) is 11.3 Å². The Labute approximate surface area is 132 Å². The Morgan fingerprint density at radius 1 is 1.23 bits per heavy atom. The highest BCUT2D eigenvalue weighted by molar-refractivity contribution is 5.59. The van der Waals surface area contributed by atoms with Gasteiger partial charge in [-0.2, -0.15) is 0 Å². The fourth-order valence-corrected chi connectivity index (χ4v) is 3.36. The van der Waals surface area contributed by atoms with E-state index in [-0.39, 0.29) is 12.1 Å². The average Bonchev–Trinajstić information content (AvgIpc) is 2.56. The van der Waals surface area contributed by atoms with Gasteiger partial charge in [0.1, 0.15) is 0 Å². The van der Waals surface area contributed by atoms with Gasteiger partial charge in [0.05, 0.1) is 11.8 Å². The van der Waals surface area contributed by atoms with E-state index in [2.05, 4.69) is 34.1 Å². The average molecular weight is 296 g/mol. The minimum atomic E-state index is -0.265. The van der Waals surface area contributed by atoms with Crippen LogP contribution in [0.3, 0.4) is 0 Å². The first kappa shape index (κ1) is 15.2. The maximum Gasteiger partial charge on any atom is 0.0702 e. The Hall–Kier alpha value is -1.71. The predicted octanol–water partition coefficient (Wildman–Crippen LogP) is 3.48. The maximum absolute atomic E-state index is 10.0. The van der Waals surface area contributed by atoms with E-state index in [9.17, 15) is 5.11 Å². The smallest absolute Gasteiger partial charge is 0.0702 e. The number of aliphatic hydroxyl groups excluding tert-OH is 1. The lowest BCUT2D eigenvalue weighted by atomic mass is 9.97. The summed E-state index contributed by atoms with van der Waals surface area (Å²) in [7, 11) is 0. The van der Waals surface area contributed by atoms with Crippen LogP contribution in [0.5, 0.6) is 0 Å². The van der Waals surface area contributed by atoms with Gasteiger partial charge in [-0.1, -0.05) is 30.7 Å². The molecule has 0 bridgehead atoms. The van der Waals surface area contributed by atoms with Crippen molar-refractivity contribution in [2.75, 3.05) is 6.54 Å². The third-order valence-electron chi connectivity index (χ3n) is 4.49. The van der Waals surface area contributed by atoms with Crippen molar-refractivity contribution in [3.8, 4) is 11.3 Å². The van der Waals surface area contributed by atoms with Gasteiger partial charge in [-0.3, -0.25) is 9.88 Å². The molecule has 1 aliphatic rings. The van der Waals surface area contributed by atoms with Crippen LogP contribution < -0.4 is 0 Å². The van der Waals surface area contributed by atoms with Crippen LogP contribution in [0.2, 0.25) is 0 Å². The zero-order valence-electron chi connectivity index (χ0n) is 13.2. The molecule has 1 saturated heterocycles. The summed E-state index contributed by atoms with van der Waals surface area (Å²) in [6.45, 7) is 3.88. The van der Waals surface area contributed by atoms with Crippen LogP contribution in [-0.4, -0.2) is 33.7 Å². The third kappa shape index (κ3) is 3.54. The number of benzene rings is 1. The summed E-state index contributed by atoms with van der Waals surface area (Å²) in [6.07, 6.45) is 5.11. The number of likely N-dealkylation sites (tertiary alicyclic amines) is 1. The van der Waals surface area contributed by atoms with Crippen LogP contribution in [0.4, 0.5) is 0 Å². The number of rotatable bonds is 4. The molecule has 0 radical (unpaired) electrons. The molecule has 1 aliphatic heterocycles. The minimum Gasteiger partial charge on any atom is -0.392 e. The molecule has 2 atom stereocenters. The summed E-state index contributed by atoms with van der Waals surface area (Å²) in [5.41, 5.74) is 3.45. The number of hydrogen-bond donors (Lipinski definition) is 1. The molecule has 2 aromatic rings. The summed E-state index contributed by atoms with van der Waals surface area (Å²) in [6, 6.07) is 14.9. The van der Waals surface area contributed by atoms with Crippen molar-refractivity contribution in [2.45, 2.75) is 44.9 Å². The van der Waals surface area contributed by atoms with Crippen molar-refractivity contribution in [2.24, 2.45) is 0 Å². The molecular formula is C19H24N2O. The van der Waals surface area contributed by atoms with Crippen LogP contribution in [-0.2, 0) is 6.54 Å². The molecule has 3 heteroatoms. The van der Waals surface area contributed by atoms with Crippen LogP contribution in [0.1, 0.15) is 31.7 Å². The highest BCUT2D eigenvalue weighted by Gasteiger charge is 2.26. The van der Waals surface area contributed by atoms with Gasteiger partial charge in [-0.25, -0.2) is 0 Å². The number of aromatic nitrogens is 1. The lowest BCUT2D eigenvalue weighted by Gasteiger charge is -2.37. The molecule has 1 aromatic heterocycles. The number of nitrogens with zero attached hydrogens (tertiary/aromatic N) is 2. The molecule has 2 unspecified atom stereocenters. The van der Waals surface area contributed by atoms with Gasteiger partial charge in [-0.05, 0) is 50.1 Å². The lowest BCUT2D eigenvalue weighted by molar-refractivity contribution is 0.0317. The normalized spacial score (nSPS) is 20.7. The standard InChI is InChI=1S/C19H24N2O/c1-15(22)19-10-3-5-12-21(19)14-16-7-6-8-17(13-16)18-9-2-4-11-20-18/h2,4,6-9,11,13,15,19,22H,3,5,10,12,14H2,1H3. The quantitative estimate of drug-likeness (QED) is 0.938. The highest BCUT2D eigenvalue weighted by atomic mass is 16.3. The number of piperidine rings is 1. The molecule has 0 aliphatic carbocycles. The highest BCUT2D eigenvalue weighted by Crippen LogP contribution is 2.24. The molecule has 2 heterocycles. The second-order valence-electron chi connectivity index (χ2n) is 6.19. The summed E-state index contributed by atoms with van der Waals surface area (Å²) in [4.78, 5) is 6.85. The third-order valence-corrected chi connectivity index (χ3v) is 4.49. The van der Waals surface area contributed by atoms with Crippen LogP contribution in [0.15, 0.2) is 48.7 Å². The van der Waals surface area contributed by atoms with Crippen LogP contribution in [0, 0.1) is 0 Å². The van der Waals surface area contributed by atoms with E-state index in [0.29, 0.717) is 0 Å². The first-order chi connectivity index (χ1) is 10.7. The number of aliphatic hydroxyl groups is 1. The van der Waals surface area contributed by atoms with Gasteiger partial charge in [0.2, 0.25) is 0 Å². The van der Waals surface area contributed by atoms with Gasteiger partial charge >= 0.3 is 0 Å². The second-order valence-corrected chi connectivity index (χ2v) is 6.19. The van der Waals surface area contributed by atoms with Crippen LogP contribution >= 0.6 is 0 Å². The van der Waals surface area contributed by atoms with Crippen molar-refractivity contribution in [3.05, 3.63) is 54.2 Å². The van der Waals surface area contributed by atoms with Gasteiger partial charge in [0, 0.05) is 24.3 Å². The summed E-state index contributed by atoms with van der Waals surface area (Å²) >= 11 is 0. The Morgan fingerprint density at radius 2 is 2.14 bits per heavy atom. The van der Waals surface area contributed by atoms with E-state index < -0.39 is 0 Å². The Bertz CT molecular complexity index is 597. The maximum atomic E-state index is 10.0. The van der Waals surface area contributed by atoms with E-state index in [1.807, 2.05) is 31.3 Å². The number of hydrogen-bond acceptors (Lipinski definition) is 3. The first-order valence-electron chi connectivity index (χ1n) is 8.16. The van der Waals surface area contributed by atoms with Crippen molar-refractivity contribution in [1.82, 2.24) is 9.88 Å². The van der Waals surface area contributed by atoms with Crippen molar-refractivity contribution < 1.29 is 5.11 Å². The largest absolute Gasteiger partial charge is 0.392 e. The fraction of sp³-hybridized carbons (Fsp3) is 0.421. The minimum absolute atomic E-state index is 0.265. The fourth-order valence-electron chi connectivity index (χ4n) is 3.36. The van der Waals surface area contributed by atoms with Gasteiger partial charge in [0.15, 0.2) is 0 Å². The van der Waals surface area contributed by atoms with E-state index in [1.165, 1.54) is 18.4 Å². The topological polar surface area (TPSA) is 36.4 Å². The van der Waals surface area contributed by atoms with Gasteiger partial charge < -0.3 is 5.11 Å². The molecule has 1 aromatic carbocycles. The van der Waals surface area contributed by atoms with Gasteiger partial charge in [-0.15, -0.1) is 0 Å². The SMILES string of the molecule is CC(O)C1CCCCN1Cc1cccc(-c2ccccn2)c1. The van der Waals surface area contributed by atoms with E-state index >= 15 is 0 Å². The zero-order chi connectivity index (χ0) is 15.4. The van der Waals surface area contributed by atoms with Gasteiger partial charge in [0.25, 0.3) is 0 Å². The first-order valence-corrected chi connectivity index (χ1v) is 8.16. The monoisotopic (exact) mass is 296 g/mol.